The Kier molecular flexibility index (Phi) is 5.33. The molecule has 124 valence electrons. The Balaban J connectivity index is 2.23. The van der Waals surface area contributed by atoms with Gasteiger partial charge in [0, 0.05) is 12.1 Å². The lowest BCUT2D eigenvalue weighted by molar-refractivity contribution is -0.159. The van der Waals surface area contributed by atoms with Crippen molar-refractivity contribution in [2.75, 3.05) is 0 Å². The van der Waals surface area contributed by atoms with Gasteiger partial charge >= 0.3 is 6.18 Å². The lowest BCUT2D eigenvalue weighted by Crippen LogP contribution is -2.35. The summed E-state index contributed by atoms with van der Waals surface area (Å²) in [5.74, 6) is -2.51. The molecule has 2 nitrogen and oxygen atoms in total. The molecule has 2 rings (SSSR count). The van der Waals surface area contributed by atoms with Crippen LogP contribution in [0, 0.1) is 11.6 Å². The zero-order valence-corrected chi connectivity index (χ0v) is 11.9. The maximum atomic E-state index is 13.6. The average Bonchev–Trinajstić information content (AvgIpc) is 2.49. The van der Waals surface area contributed by atoms with E-state index < -0.39 is 29.4 Å². The highest BCUT2D eigenvalue weighted by Gasteiger charge is 2.43. The molecule has 0 bridgehead atoms. The van der Waals surface area contributed by atoms with Crippen LogP contribution in [0.4, 0.5) is 22.0 Å². The summed E-state index contributed by atoms with van der Waals surface area (Å²) in [5.41, 5.74) is 0.0569. The predicted octanol–water partition coefficient (Wildman–Crippen LogP) is 3.85. The summed E-state index contributed by atoms with van der Waals surface area (Å²) in [6.45, 7) is -0.414. The fourth-order valence-corrected chi connectivity index (χ4v) is 2.15. The van der Waals surface area contributed by atoms with Crippen molar-refractivity contribution in [3.63, 3.8) is 0 Å². The van der Waals surface area contributed by atoms with Crippen LogP contribution < -0.4 is 5.32 Å². The van der Waals surface area contributed by atoms with Gasteiger partial charge in [-0.15, -0.1) is 0 Å². The van der Waals surface area contributed by atoms with Gasteiger partial charge in [-0.05, 0) is 23.3 Å². The first-order valence-electron chi connectivity index (χ1n) is 6.75. The van der Waals surface area contributed by atoms with Crippen LogP contribution in [0.15, 0.2) is 42.5 Å². The topological polar surface area (TPSA) is 32.3 Å². The Morgan fingerprint density at radius 2 is 1.43 bits per heavy atom. The van der Waals surface area contributed by atoms with Gasteiger partial charge < -0.3 is 5.11 Å². The lowest BCUT2D eigenvalue weighted by Gasteiger charge is -2.23. The molecule has 1 atom stereocenters. The van der Waals surface area contributed by atoms with E-state index in [-0.39, 0.29) is 13.2 Å². The van der Waals surface area contributed by atoms with Crippen molar-refractivity contribution >= 4 is 0 Å². The van der Waals surface area contributed by atoms with E-state index in [1.54, 1.807) is 12.1 Å². The molecule has 0 saturated carbocycles. The molecule has 0 radical (unpaired) electrons. The molecule has 0 amide bonds. The van der Waals surface area contributed by atoms with Gasteiger partial charge in [0.2, 0.25) is 0 Å². The van der Waals surface area contributed by atoms with Crippen molar-refractivity contribution in [2.45, 2.75) is 25.4 Å². The number of hydrogen-bond donors (Lipinski definition) is 2. The minimum atomic E-state index is -4.85. The minimum absolute atomic E-state index is 0.181. The van der Waals surface area contributed by atoms with E-state index in [2.05, 4.69) is 5.32 Å². The predicted molar refractivity (Wildman–Crippen MR) is 74.4 cm³/mol. The summed E-state index contributed by atoms with van der Waals surface area (Å²) in [4.78, 5) is 0. The van der Waals surface area contributed by atoms with Crippen LogP contribution in [0.5, 0.6) is 0 Å². The molecule has 0 aliphatic carbocycles. The van der Waals surface area contributed by atoms with Crippen LogP contribution in [-0.4, -0.2) is 11.3 Å². The Hall–Kier alpha value is -1.99. The van der Waals surface area contributed by atoms with Crippen molar-refractivity contribution in [1.82, 2.24) is 5.32 Å². The number of aliphatic hydroxyl groups excluding tert-OH is 1. The number of hydrogen-bond acceptors (Lipinski definition) is 2. The average molecular weight is 331 g/mol. The highest BCUT2D eigenvalue weighted by atomic mass is 19.4. The zero-order chi connectivity index (χ0) is 17.0. The van der Waals surface area contributed by atoms with Gasteiger partial charge in [-0.1, -0.05) is 30.3 Å². The molecule has 0 saturated heterocycles. The van der Waals surface area contributed by atoms with Crippen LogP contribution in [0.25, 0.3) is 0 Å². The number of benzene rings is 2. The maximum Gasteiger partial charge on any atom is 0.408 e. The third kappa shape index (κ3) is 4.27. The Labute approximate surface area is 129 Å². The second-order valence-electron chi connectivity index (χ2n) is 4.97. The molecule has 0 heterocycles. The van der Waals surface area contributed by atoms with E-state index in [0.29, 0.717) is 11.1 Å². The molecule has 0 fully saturated rings. The van der Waals surface area contributed by atoms with Crippen molar-refractivity contribution in [3.05, 3.63) is 70.8 Å². The van der Waals surface area contributed by atoms with E-state index in [0.717, 1.165) is 18.2 Å². The second-order valence-corrected chi connectivity index (χ2v) is 4.97. The van der Waals surface area contributed by atoms with Gasteiger partial charge in [-0.25, -0.2) is 8.78 Å². The zero-order valence-electron chi connectivity index (χ0n) is 11.9. The molecule has 2 aromatic rings. The van der Waals surface area contributed by atoms with Crippen molar-refractivity contribution in [1.29, 1.82) is 0 Å². The van der Waals surface area contributed by atoms with Gasteiger partial charge in [0.15, 0.2) is 0 Å². The highest BCUT2D eigenvalue weighted by molar-refractivity contribution is 5.26. The maximum absolute atomic E-state index is 13.6. The smallest absolute Gasteiger partial charge is 0.392 e. The fraction of sp³-hybridized carbons (Fsp3) is 0.250. The normalized spacial score (nSPS) is 13.1. The summed E-state index contributed by atoms with van der Waals surface area (Å²) < 4.78 is 66.8. The molecular formula is C16H14F5NO. The number of aliphatic hydroxyl groups is 1. The van der Waals surface area contributed by atoms with Crippen LogP contribution >= 0.6 is 0 Å². The summed E-state index contributed by atoms with van der Waals surface area (Å²) in [5, 5.41) is 11.1. The first-order chi connectivity index (χ1) is 10.8. The molecule has 0 spiro atoms. The van der Waals surface area contributed by atoms with Gasteiger partial charge in [-0.3, -0.25) is 5.32 Å². The van der Waals surface area contributed by atoms with Gasteiger partial charge in [-0.2, -0.15) is 13.2 Å². The molecule has 0 unspecified atom stereocenters. The van der Waals surface area contributed by atoms with Crippen molar-refractivity contribution in [3.8, 4) is 0 Å². The van der Waals surface area contributed by atoms with Crippen LogP contribution in [0.3, 0.4) is 0 Å². The lowest BCUT2D eigenvalue weighted by atomic mass is 10.0. The first kappa shape index (κ1) is 17.4. The Bertz CT molecular complexity index is 634. The number of rotatable bonds is 5. The molecule has 0 aromatic heterocycles. The standard InChI is InChI=1S/C16H14F5NO/c17-12-2-1-3-13(18)14(12)15(16(19,20)21)22-8-10-4-6-11(9-23)7-5-10/h1-7,15,22-23H,8-9H2/t15-/m1/s1. The fourth-order valence-electron chi connectivity index (χ4n) is 2.15. The van der Waals surface area contributed by atoms with Gasteiger partial charge in [0.05, 0.1) is 6.61 Å². The summed E-state index contributed by atoms with van der Waals surface area (Å²) in [7, 11) is 0. The monoisotopic (exact) mass is 331 g/mol. The first-order valence-corrected chi connectivity index (χ1v) is 6.75. The molecule has 2 aromatic carbocycles. The van der Waals surface area contributed by atoms with E-state index in [9.17, 15) is 22.0 Å². The second kappa shape index (κ2) is 7.06. The molecule has 2 N–H and O–H groups in total. The molecule has 0 aliphatic heterocycles. The van der Waals surface area contributed by atoms with E-state index in [1.165, 1.54) is 12.1 Å². The largest absolute Gasteiger partial charge is 0.408 e. The van der Waals surface area contributed by atoms with E-state index >= 15 is 0 Å². The number of nitrogens with one attached hydrogen (secondary N) is 1. The van der Waals surface area contributed by atoms with Gasteiger partial charge in [0.25, 0.3) is 0 Å². The highest BCUT2D eigenvalue weighted by Crippen LogP contribution is 2.35. The summed E-state index contributed by atoms with van der Waals surface area (Å²) in [6, 6.07) is 6.31. The number of alkyl halides is 3. The molecule has 7 heteroatoms. The molecule has 0 aliphatic rings. The number of halogens is 5. The summed E-state index contributed by atoms with van der Waals surface area (Å²) >= 11 is 0. The Morgan fingerprint density at radius 3 is 1.91 bits per heavy atom. The quantitative estimate of drug-likeness (QED) is 0.816. The van der Waals surface area contributed by atoms with E-state index in [4.69, 9.17) is 5.11 Å². The SMILES string of the molecule is OCc1ccc(CN[C@H](c2c(F)cccc2F)C(F)(F)F)cc1. The van der Waals surface area contributed by atoms with E-state index in [1.807, 2.05) is 0 Å². The Morgan fingerprint density at radius 1 is 0.913 bits per heavy atom. The van der Waals surface area contributed by atoms with Crippen LogP contribution in [-0.2, 0) is 13.2 Å². The summed E-state index contributed by atoms with van der Waals surface area (Å²) in [6.07, 6.45) is -4.85. The van der Waals surface area contributed by atoms with Crippen LogP contribution in [0.2, 0.25) is 0 Å². The van der Waals surface area contributed by atoms with Gasteiger partial charge in [0.1, 0.15) is 17.7 Å². The van der Waals surface area contributed by atoms with Crippen LogP contribution in [0.1, 0.15) is 22.7 Å². The van der Waals surface area contributed by atoms with Crippen molar-refractivity contribution < 1.29 is 27.1 Å². The minimum Gasteiger partial charge on any atom is -0.392 e. The van der Waals surface area contributed by atoms with Crippen molar-refractivity contribution in [2.24, 2.45) is 0 Å². The third-order valence-corrected chi connectivity index (χ3v) is 3.33. The third-order valence-electron chi connectivity index (χ3n) is 3.33. The molecular weight excluding hydrogens is 317 g/mol. The molecule has 23 heavy (non-hydrogen) atoms.